The molecule has 0 saturated carbocycles. The number of alkyl halides is 3. The molecule has 0 bridgehead atoms. The maximum atomic E-state index is 13.1. The van der Waals surface area contributed by atoms with E-state index in [2.05, 4.69) is 4.98 Å². The predicted molar refractivity (Wildman–Crippen MR) is 129 cm³/mol. The Morgan fingerprint density at radius 3 is 2.26 bits per heavy atom. The van der Waals surface area contributed by atoms with Crippen LogP contribution < -0.4 is 4.90 Å². The number of anilines is 1. The van der Waals surface area contributed by atoms with Gasteiger partial charge in [0.25, 0.3) is 0 Å². The van der Waals surface area contributed by atoms with Gasteiger partial charge in [-0.2, -0.15) is 17.5 Å². The second kappa shape index (κ2) is 9.83. The number of nitrogens with zero attached hydrogens (tertiary/aromatic N) is 3. The quantitative estimate of drug-likeness (QED) is 0.365. The SMILES string of the molecule is O=S(=O)(c1cc(C(F)(F)F)ccc1Cl)N1CCN(c2nc(Cc3ccc(Cl)c(Cl)c3)cs2)CC1. The maximum Gasteiger partial charge on any atom is 0.416 e. The zero-order valence-corrected chi connectivity index (χ0v) is 21.2. The van der Waals surface area contributed by atoms with Crippen LogP contribution in [-0.2, 0) is 22.6 Å². The molecule has 1 aliphatic heterocycles. The summed E-state index contributed by atoms with van der Waals surface area (Å²) in [7, 11) is -4.19. The van der Waals surface area contributed by atoms with Crippen LogP contribution >= 0.6 is 46.1 Å². The zero-order valence-electron chi connectivity index (χ0n) is 17.3. The van der Waals surface area contributed by atoms with Crippen molar-refractivity contribution in [1.29, 1.82) is 0 Å². The zero-order chi connectivity index (χ0) is 24.7. The van der Waals surface area contributed by atoms with E-state index in [1.807, 2.05) is 16.3 Å². The number of hydrogen-bond acceptors (Lipinski definition) is 5. The Hall–Kier alpha value is -1.56. The second-order valence-electron chi connectivity index (χ2n) is 7.58. The van der Waals surface area contributed by atoms with E-state index in [1.54, 1.807) is 12.1 Å². The van der Waals surface area contributed by atoms with Gasteiger partial charge in [-0.3, -0.25) is 0 Å². The minimum absolute atomic E-state index is 0.0939. The molecule has 0 amide bonds. The first-order valence-electron chi connectivity index (χ1n) is 9.95. The summed E-state index contributed by atoms with van der Waals surface area (Å²) < 4.78 is 66.4. The Morgan fingerprint density at radius 1 is 0.941 bits per heavy atom. The van der Waals surface area contributed by atoms with Crippen LogP contribution in [0.1, 0.15) is 16.8 Å². The van der Waals surface area contributed by atoms with Crippen LogP contribution in [0.5, 0.6) is 0 Å². The normalized spacial score (nSPS) is 15.6. The van der Waals surface area contributed by atoms with Crippen molar-refractivity contribution in [3.8, 4) is 0 Å². The summed E-state index contributed by atoms with van der Waals surface area (Å²) in [5, 5.41) is 3.35. The summed E-state index contributed by atoms with van der Waals surface area (Å²) >= 11 is 19.4. The van der Waals surface area contributed by atoms with E-state index in [1.165, 1.54) is 11.3 Å². The van der Waals surface area contributed by atoms with Crippen molar-refractivity contribution in [2.24, 2.45) is 0 Å². The Bertz CT molecular complexity index is 1310. The van der Waals surface area contributed by atoms with E-state index >= 15 is 0 Å². The first-order valence-corrected chi connectivity index (χ1v) is 13.4. The fourth-order valence-electron chi connectivity index (χ4n) is 3.52. The maximum absolute atomic E-state index is 13.1. The van der Waals surface area contributed by atoms with E-state index < -0.39 is 26.7 Å². The van der Waals surface area contributed by atoms with Gasteiger partial charge < -0.3 is 4.90 Å². The molecule has 1 fully saturated rings. The molecule has 1 aliphatic rings. The highest BCUT2D eigenvalue weighted by molar-refractivity contribution is 7.89. The third-order valence-corrected chi connectivity index (χ3v) is 9.36. The van der Waals surface area contributed by atoms with Crippen LogP contribution in [0.2, 0.25) is 15.1 Å². The lowest BCUT2D eigenvalue weighted by Gasteiger charge is -2.34. The van der Waals surface area contributed by atoms with Crippen LogP contribution in [0.3, 0.4) is 0 Å². The Labute approximate surface area is 213 Å². The van der Waals surface area contributed by atoms with Crippen molar-refractivity contribution >= 4 is 61.3 Å². The minimum atomic E-state index is -4.67. The fourth-order valence-corrected chi connectivity index (χ4v) is 6.64. The highest BCUT2D eigenvalue weighted by Crippen LogP contribution is 2.35. The van der Waals surface area contributed by atoms with E-state index in [9.17, 15) is 21.6 Å². The van der Waals surface area contributed by atoms with Crippen molar-refractivity contribution in [3.63, 3.8) is 0 Å². The molecule has 2 aromatic carbocycles. The van der Waals surface area contributed by atoms with Gasteiger partial charge >= 0.3 is 6.18 Å². The van der Waals surface area contributed by atoms with Crippen LogP contribution in [0.25, 0.3) is 0 Å². The van der Waals surface area contributed by atoms with Gasteiger partial charge in [-0.15, -0.1) is 11.3 Å². The molecule has 5 nitrogen and oxygen atoms in total. The van der Waals surface area contributed by atoms with Crippen LogP contribution in [-0.4, -0.2) is 43.9 Å². The number of sulfonamides is 1. The Balaban J connectivity index is 1.44. The van der Waals surface area contributed by atoms with Crippen LogP contribution in [0.15, 0.2) is 46.7 Å². The van der Waals surface area contributed by atoms with Crippen molar-refractivity contribution < 1.29 is 21.6 Å². The van der Waals surface area contributed by atoms with E-state index in [-0.39, 0.29) is 18.1 Å². The number of piperazine rings is 1. The van der Waals surface area contributed by atoms with E-state index in [4.69, 9.17) is 34.8 Å². The molecule has 0 N–H and O–H groups in total. The monoisotopic (exact) mass is 569 g/mol. The van der Waals surface area contributed by atoms with Gasteiger partial charge in [0.2, 0.25) is 10.0 Å². The molecule has 4 rings (SSSR count). The predicted octanol–water partition coefficient (Wildman–Crippen LogP) is 6.22. The number of hydrogen-bond donors (Lipinski definition) is 0. The first kappa shape index (κ1) is 25.5. The summed E-state index contributed by atoms with van der Waals surface area (Å²) in [6.45, 7) is 0.873. The smallest absolute Gasteiger partial charge is 0.345 e. The van der Waals surface area contributed by atoms with Gasteiger partial charge in [0.05, 0.1) is 26.3 Å². The molecule has 1 saturated heterocycles. The average Bonchev–Trinajstić information content (AvgIpc) is 3.24. The molecule has 182 valence electrons. The molecule has 1 aromatic heterocycles. The highest BCUT2D eigenvalue weighted by atomic mass is 35.5. The Kier molecular flexibility index (Phi) is 7.38. The van der Waals surface area contributed by atoms with Crippen molar-refractivity contribution in [2.45, 2.75) is 17.5 Å². The van der Waals surface area contributed by atoms with E-state index in [0.29, 0.717) is 35.6 Å². The average molecular weight is 571 g/mol. The van der Waals surface area contributed by atoms with Crippen molar-refractivity contribution in [3.05, 3.63) is 73.7 Å². The van der Waals surface area contributed by atoms with Gasteiger partial charge in [-0.25, -0.2) is 13.4 Å². The number of halogens is 6. The van der Waals surface area contributed by atoms with E-state index in [0.717, 1.165) is 32.8 Å². The molecule has 0 spiro atoms. The number of aromatic nitrogens is 1. The molecule has 0 aliphatic carbocycles. The molecule has 0 radical (unpaired) electrons. The van der Waals surface area contributed by atoms with Gasteiger partial charge in [-0.1, -0.05) is 40.9 Å². The van der Waals surface area contributed by atoms with Gasteiger partial charge in [-0.05, 0) is 35.9 Å². The molecule has 3 aromatic rings. The molecular weight excluding hydrogens is 554 g/mol. The fraction of sp³-hybridized carbons (Fsp3) is 0.286. The lowest BCUT2D eigenvalue weighted by atomic mass is 10.1. The second-order valence-corrected chi connectivity index (χ2v) is 11.5. The van der Waals surface area contributed by atoms with Crippen LogP contribution in [0, 0.1) is 0 Å². The lowest BCUT2D eigenvalue weighted by Crippen LogP contribution is -2.48. The molecule has 34 heavy (non-hydrogen) atoms. The lowest BCUT2D eigenvalue weighted by molar-refractivity contribution is -0.137. The summed E-state index contributed by atoms with van der Waals surface area (Å²) in [4.78, 5) is 6.04. The van der Waals surface area contributed by atoms with Gasteiger partial charge in [0, 0.05) is 38.0 Å². The molecule has 0 unspecified atom stereocenters. The minimum Gasteiger partial charge on any atom is -0.345 e. The highest BCUT2D eigenvalue weighted by Gasteiger charge is 2.35. The third kappa shape index (κ3) is 5.47. The summed E-state index contributed by atoms with van der Waals surface area (Å²) in [5.74, 6) is 0. The summed E-state index contributed by atoms with van der Waals surface area (Å²) in [6.07, 6.45) is -4.11. The molecule has 0 atom stereocenters. The largest absolute Gasteiger partial charge is 0.416 e. The number of benzene rings is 2. The van der Waals surface area contributed by atoms with Gasteiger partial charge in [0.15, 0.2) is 5.13 Å². The number of rotatable bonds is 5. The summed E-state index contributed by atoms with van der Waals surface area (Å²) in [6, 6.07) is 7.68. The van der Waals surface area contributed by atoms with Crippen molar-refractivity contribution in [2.75, 3.05) is 31.1 Å². The molecule has 13 heteroatoms. The van der Waals surface area contributed by atoms with Crippen LogP contribution in [0.4, 0.5) is 18.3 Å². The topological polar surface area (TPSA) is 53.5 Å². The molecule has 2 heterocycles. The third-order valence-electron chi connectivity index (χ3n) is 5.29. The first-order chi connectivity index (χ1) is 15.9. The van der Waals surface area contributed by atoms with Gasteiger partial charge in [0.1, 0.15) is 4.90 Å². The standard InChI is InChI=1S/C21H17Cl3F3N3O2S2/c22-16-3-1-13(10-18(16)24)9-15-12-33-20(28-15)29-5-7-30(8-6-29)34(31,32)19-11-14(21(25,26)27)2-4-17(19)23/h1-4,10-12H,5-9H2. The summed E-state index contributed by atoms with van der Waals surface area (Å²) in [5.41, 5.74) is 0.732. The number of thiazole rings is 1. The Morgan fingerprint density at radius 2 is 1.62 bits per heavy atom. The molecular formula is C21H17Cl3F3N3O2S2. The van der Waals surface area contributed by atoms with Crippen molar-refractivity contribution in [1.82, 2.24) is 9.29 Å².